The number of carbonyl (C=O) groups is 1. The van der Waals surface area contributed by atoms with E-state index in [9.17, 15) is 4.79 Å². The number of rotatable bonds is 4. The molecule has 0 radical (unpaired) electrons. The van der Waals surface area contributed by atoms with Crippen LogP contribution in [-0.4, -0.2) is 29.2 Å². The molecule has 4 rings (SSSR count). The van der Waals surface area contributed by atoms with Crippen LogP contribution in [-0.2, 0) is 4.79 Å². The van der Waals surface area contributed by atoms with Crippen molar-refractivity contribution in [3.8, 4) is 28.6 Å². The van der Waals surface area contributed by atoms with Gasteiger partial charge in [0.15, 0.2) is 6.61 Å². The summed E-state index contributed by atoms with van der Waals surface area (Å²) in [6, 6.07) is 13.3. The van der Waals surface area contributed by atoms with Gasteiger partial charge in [-0.3, -0.25) is 4.79 Å². The first-order valence-electron chi connectivity index (χ1n) is 8.33. The van der Waals surface area contributed by atoms with E-state index in [1.807, 2.05) is 49.4 Å². The third kappa shape index (κ3) is 3.10. The van der Waals surface area contributed by atoms with E-state index in [1.165, 1.54) is 0 Å². The summed E-state index contributed by atoms with van der Waals surface area (Å²) < 4.78 is 11.9. The van der Waals surface area contributed by atoms with Crippen LogP contribution in [0.25, 0.3) is 22.8 Å². The average molecular weight is 414 g/mol. The van der Waals surface area contributed by atoms with Gasteiger partial charge >= 0.3 is 0 Å². The van der Waals surface area contributed by atoms with Gasteiger partial charge in [0.2, 0.25) is 5.82 Å². The topological polar surface area (TPSA) is 68.5 Å². The third-order valence-corrected chi connectivity index (χ3v) is 4.60. The van der Waals surface area contributed by atoms with Crippen molar-refractivity contribution in [1.29, 1.82) is 0 Å². The molecule has 1 amide bonds. The van der Waals surface area contributed by atoms with Crippen LogP contribution in [0.2, 0.25) is 0 Å². The number of carbonyl (C=O) groups excluding carboxylic acids is 1. The van der Waals surface area contributed by atoms with Gasteiger partial charge in [0.1, 0.15) is 5.75 Å². The first-order valence-corrected chi connectivity index (χ1v) is 9.12. The highest BCUT2D eigenvalue weighted by atomic mass is 79.9. The molecule has 0 N–H and O–H groups in total. The number of anilines is 1. The second-order valence-electron chi connectivity index (χ2n) is 5.95. The van der Waals surface area contributed by atoms with Crippen molar-refractivity contribution in [2.24, 2.45) is 0 Å². The summed E-state index contributed by atoms with van der Waals surface area (Å²) in [7, 11) is 0. The molecule has 1 aliphatic heterocycles. The summed E-state index contributed by atoms with van der Waals surface area (Å²) in [4.78, 5) is 18.4. The SMILES string of the molecule is CCCN1C(=O)COc2ccc(-c3noc(-c4cccc(Br)c4)n3)cc21. The Bertz CT molecular complexity index is 970. The Morgan fingerprint density at radius 2 is 2.08 bits per heavy atom. The summed E-state index contributed by atoms with van der Waals surface area (Å²) in [5, 5.41) is 4.09. The van der Waals surface area contributed by atoms with Gasteiger partial charge in [-0.2, -0.15) is 4.98 Å². The number of fused-ring (bicyclic) bond motifs is 1. The summed E-state index contributed by atoms with van der Waals surface area (Å²) in [5.41, 5.74) is 2.35. The van der Waals surface area contributed by atoms with Gasteiger partial charge < -0.3 is 14.2 Å². The van der Waals surface area contributed by atoms with Gasteiger partial charge in [-0.15, -0.1) is 0 Å². The van der Waals surface area contributed by atoms with Crippen molar-refractivity contribution >= 4 is 27.5 Å². The maximum Gasteiger partial charge on any atom is 0.265 e. The largest absolute Gasteiger partial charge is 0.482 e. The Kier molecular flexibility index (Phi) is 4.46. The predicted octanol–water partition coefficient (Wildman–Crippen LogP) is 4.30. The molecule has 0 spiro atoms. The van der Waals surface area contributed by atoms with Crippen molar-refractivity contribution in [3.05, 3.63) is 46.9 Å². The van der Waals surface area contributed by atoms with E-state index in [1.54, 1.807) is 4.90 Å². The molecule has 0 bridgehead atoms. The van der Waals surface area contributed by atoms with E-state index < -0.39 is 0 Å². The molecule has 0 unspecified atom stereocenters. The Balaban J connectivity index is 1.70. The van der Waals surface area contributed by atoms with Crippen LogP contribution in [0.4, 0.5) is 5.69 Å². The minimum atomic E-state index is -0.0422. The van der Waals surface area contributed by atoms with Crippen LogP contribution in [0, 0.1) is 0 Å². The number of hydrogen-bond acceptors (Lipinski definition) is 5. The molecule has 26 heavy (non-hydrogen) atoms. The molecule has 7 heteroatoms. The highest BCUT2D eigenvalue weighted by Gasteiger charge is 2.25. The van der Waals surface area contributed by atoms with Crippen LogP contribution in [0.15, 0.2) is 51.5 Å². The normalized spacial score (nSPS) is 13.5. The number of ether oxygens (including phenoxy) is 1. The average Bonchev–Trinajstić information content (AvgIpc) is 3.14. The minimum absolute atomic E-state index is 0.0422. The fourth-order valence-electron chi connectivity index (χ4n) is 2.89. The molecule has 3 aromatic rings. The van der Waals surface area contributed by atoms with Crippen LogP contribution in [0.5, 0.6) is 5.75 Å². The molecule has 6 nitrogen and oxygen atoms in total. The highest BCUT2D eigenvalue weighted by Crippen LogP contribution is 2.36. The predicted molar refractivity (Wildman–Crippen MR) is 101 cm³/mol. The summed E-state index contributed by atoms with van der Waals surface area (Å²) in [6.07, 6.45) is 0.866. The monoisotopic (exact) mass is 413 g/mol. The second kappa shape index (κ2) is 6.92. The van der Waals surface area contributed by atoms with Crippen LogP contribution >= 0.6 is 15.9 Å². The van der Waals surface area contributed by atoms with Crippen molar-refractivity contribution in [2.45, 2.75) is 13.3 Å². The first kappa shape index (κ1) is 16.8. The molecule has 132 valence electrons. The summed E-state index contributed by atoms with van der Waals surface area (Å²) in [5.74, 6) is 1.56. The third-order valence-electron chi connectivity index (χ3n) is 4.10. The quantitative estimate of drug-likeness (QED) is 0.637. The number of aromatic nitrogens is 2. The lowest BCUT2D eigenvalue weighted by molar-refractivity contribution is -0.121. The van der Waals surface area contributed by atoms with Gasteiger partial charge in [0.05, 0.1) is 5.69 Å². The highest BCUT2D eigenvalue weighted by molar-refractivity contribution is 9.10. The zero-order valence-electron chi connectivity index (χ0n) is 14.1. The Morgan fingerprint density at radius 3 is 2.88 bits per heavy atom. The van der Waals surface area contributed by atoms with Gasteiger partial charge in [0, 0.05) is 22.1 Å². The number of amides is 1. The van der Waals surface area contributed by atoms with Crippen LogP contribution in [0.3, 0.4) is 0 Å². The smallest absolute Gasteiger partial charge is 0.265 e. The van der Waals surface area contributed by atoms with E-state index in [2.05, 4.69) is 26.1 Å². The van der Waals surface area contributed by atoms with E-state index >= 15 is 0 Å². The lowest BCUT2D eigenvalue weighted by Gasteiger charge is -2.29. The molecule has 1 aliphatic rings. The fraction of sp³-hybridized carbons (Fsp3) is 0.211. The Labute approximate surface area is 158 Å². The maximum atomic E-state index is 12.2. The number of hydrogen-bond donors (Lipinski definition) is 0. The molecule has 0 saturated heterocycles. The molecule has 0 fully saturated rings. The van der Waals surface area contributed by atoms with Crippen LogP contribution in [0.1, 0.15) is 13.3 Å². The summed E-state index contributed by atoms with van der Waals surface area (Å²) >= 11 is 3.44. The molecule has 0 saturated carbocycles. The first-order chi connectivity index (χ1) is 12.7. The molecule has 0 aliphatic carbocycles. The van der Waals surface area contributed by atoms with Gasteiger partial charge in [-0.1, -0.05) is 34.1 Å². The fourth-order valence-corrected chi connectivity index (χ4v) is 3.29. The molecule has 2 heterocycles. The standard InChI is InChI=1S/C19H16BrN3O3/c1-2-8-23-15-10-12(6-7-16(15)25-11-17(23)24)18-21-19(26-22-18)13-4-3-5-14(20)9-13/h3-7,9-10H,2,8,11H2,1H3. The minimum Gasteiger partial charge on any atom is -0.482 e. The molecule has 2 aromatic carbocycles. The van der Waals surface area contributed by atoms with Gasteiger partial charge in [-0.25, -0.2) is 0 Å². The van der Waals surface area contributed by atoms with Crippen molar-refractivity contribution in [2.75, 3.05) is 18.1 Å². The van der Waals surface area contributed by atoms with Gasteiger partial charge in [0.25, 0.3) is 11.8 Å². The zero-order chi connectivity index (χ0) is 18.1. The van der Waals surface area contributed by atoms with E-state index in [0.29, 0.717) is 24.0 Å². The summed E-state index contributed by atoms with van der Waals surface area (Å²) in [6.45, 7) is 2.76. The molecular formula is C19H16BrN3O3. The molecule has 1 aromatic heterocycles. The van der Waals surface area contributed by atoms with E-state index in [4.69, 9.17) is 9.26 Å². The van der Waals surface area contributed by atoms with Crippen LogP contribution < -0.4 is 9.64 Å². The lowest BCUT2D eigenvalue weighted by Crippen LogP contribution is -2.39. The number of halogens is 1. The van der Waals surface area contributed by atoms with Gasteiger partial charge in [-0.05, 0) is 42.8 Å². The Morgan fingerprint density at radius 1 is 1.19 bits per heavy atom. The van der Waals surface area contributed by atoms with E-state index in [-0.39, 0.29) is 12.5 Å². The van der Waals surface area contributed by atoms with Crippen molar-refractivity contribution in [1.82, 2.24) is 10.1 Å². The van der Waals surface area contributed by atoms with E-state index in [0.717, 1.165) is 27.7 Å². The molecule has 0 atom stereocenters. The second-order valence-corrected chi connectivity index (χ2v) is 6.87. The van der Waals surface area contributed by atoms with Crippen molar-refractivity contribution in [3.63, 3.8) is 0 Å². The maximum absolute atomic E-state index is 12.2. The number of benzene rings is 2. The Hall–Kier alpha value is -2.67. The molecular weight excluding hydrogens is 398 g/mol. The number of nitrogens with zero attached hydrogens (tertiary/aromatic N) is 3. The lowest BCUT2D eigenvalue weighted by atomic mass is 10.1. The zero-order valence-corrected chi connectivity index (χ0v) is 15.7. The van der Waals surface area contributed by atoms with Crippen molar-refractivity contribution < 1.29 is 14.1 Å².